The van der Waals surface area contributed by atoms with Gasteiger partial charge in [-0.05, 0) is 40.5 Å². The summed E-state index contributed by atoms with van der Waals surface area (Å²) in [5.41, 5.74) is -0.514. The van der Waals surface area contributed by atoms with Gasteiger partial charge in [0, 0.05) is 0 Å². The fraction of sp³-hybridized carbons (Fsp3) is 0.765. The molecule has 0 unspecified atom stereocenters. The Hall–Kier alpha value is -0.318. The van der Waals surface area contributed by atoms with E-state index in [0.717, 1.165) is 6.42 Å². The summed E-state index contributed by atoms with van der Waals surface area (Å²) in [7, 11) is -1.85. The molecule has 1 rings (SSSR count). The first kappa shape index (κ1) is 18.7. The predicted molar refractivity (Wildman–Crippen MR) is 96.0 cm³/mol. The fourth-order valence-electron chi connectivity index (χ4n) is 2.24. The van der Waals surface area contributed by atoms with E-state index >= 15 is 0 Å². The topological polar surface area (TPSA) is 18.5 Å². The molecule has 1 saturated heterocycles. The van der Waals surface area contributed by atoms with Crippen molar-refractivity contribution in [3.63, 3.8) is 0 Å². The largest absolute Gasteiger partial charge is 0.438 e. The van der Waals surface area contributed by atoms with Crippen molar-refractivity contribution in [3.05, 3.63) is 23.9 Å². The van der Waals surface area contributed by atoms with Gasteiger partial charge in [0.1, 0.15) is 7.94 Å². The van der Waals surface area contributed by atoms with Crippen LogP contribution in [-0.2, 0) is 9.31 Å². The fourth-order valence-corrected chi connectivity index (χ4v) is 4.27. The minimum Gasteiger partial charge on any atom is -0.406 e. The maximum atomic E-state index is 6.24. The van der Waals surface area contributed by atoms with Crippen molar-refractivity contribution in [1.82, 2.24) is 0 Å². The number of allylic oxidation sites excluding steroid dienone is 3. The van der Waals surface area contributed by atoms with E-state index in [2.05, 4.69) is 66.4 Å². The van der Waals surface area contributed by atoms with Gasteiger partial charge < -0.3 is 9.31 Å². The van der Waals surface area contributed by atoms with E-state index in [1.807, 2.05) is 0 Å². The molecular formula is C17H33BO2Si. The molecule has 0 amide bonds. The molecular weight excluding hydrogens is 275 g/mol. The lowest BCUT2D eigenvalue weighted by Gasteiger charge is -2.32. The first-order valence-electron chi connectivity index (χ1n) is 8.26. The van der Waals surface area contributed by atoms with Gasteiger partial charge in [-0.3, -0.25) is 0 Å². The predicted octanol–water partition coefficient (Wildman–Crippen LogP) is 5.10. The van der Waals surface area contributed by atoms with Crippen LogP contribution in [0.1, 0.15) is 60.3 Å². The molecule has 1 heterocycles. The van der Waals surface area contributed by atoms with Crippen molar-refractivity contribution in [2.75, 3.05) is 0 Å². The zero-order valence-electron chi connectivity index (χ0n) is 15.1. The molecule has 120 valence electrons. The summed E-state index contributed by atoms with van der Waals surface area (Å²) in [6.45, 7) is 19.4. The zero-order chi connectivity index (χ0) is 16.3. The highest BCUT2D eigenvalue weighted by molar-refractivity contribution is 7.31. The lowest BCUT2D eigenvalue weighted by atomic mass is 9.90. The van der Waals surface area contributed by atoms with Gasteiger partial charge in [0.05, 0.1) is 11.2 Å². The molecule has 1 aliphatic heterocycles. The maximum absolute atomic E-state index is 6.24. The molecule has 0 radical (unpaired) electrons. The van der Waals surface area contributed by atoms with Gasteiger partial charge in [-0.1, -0.05) is 50.2 Å². The van der Waals surface area contributed by atoms with Crippen LogP contribution >= 0.6 is 0 Å². The van der Waals surface area contributed by atoms with Crippen molar-refractivity contribution in [3.8, 4) is 0 Å². The van der Waals surface area contributed by atoms with Crippen molar-refractivity contribution in [2.24, 2.45) is 0 Å². The van der Waals surface area contributed by atoms with Crippen LogP contribution in [0.3, 0.4) is 0 Å². The second kappa shape index (κ2) is 6.84. The zero-order valence-corrected chi connectivity index (χ0v) is 16.1. The Bertz CT molecular complexity index is 384. The normalized spacial score (nSPS) is 21.2. The standard InChI is InChI=1S/C17H33BO2Si/c1-9-10-11-12-13-14-15(2)21(7,8)18-19-16(3,4)17(5,6)20-18/h13-14H,2,9-12H2,1,3-8H3/b14-13+. The van der Waals surface area contributed by atoms with Crippen LogP contribution in [0.15, 0.2) is 23.9 Å². The van der Waals surface area contributed by atoms with Crippen LogP contribution in [0.4, 0.5) is 0 Å². The first-order valence-corrected chi connectivity index (χ1v) is 11.3. The number of unbranched alkanes of at least 4 members (excludes halogenated alkanes) is 3. The Balaban J connectivity index is 2.67. The number of hydrogen-bond donors (Lipinski definition) is 0. The van der Waals surface area contributed by atoms with E-state index in [1.165, 1.54) is 24.5 Å². The summed E-state index contributed by atoms with van der Waals surface area (Å²) in [5, 5.41) is 1.21. The summed E-state index contributed by atoms with van der Waals surface area (Å²) >= 11 is 0. The Morgan fingerprint density at radius 1 is 1.10 bits per heavy atom. The summed E-state index contributed by atoms with van der Waals surface area (Å²) in [6, 6.07) is 0. The summed E-state index contributed by atoms with van der Waals surface area (Å²) in [4.78, 5) is 0. The molecule has 0 aliphatic carbocycles. The smallest absolute Gasteiger partial charge is 0.406 e. The van der Waals surface area contributed by atoms with Gasteiger partial charge in [0.25, 0.3) is 0 Å². The molecule has 0 bridgehead atoms. The van der Waals surface area contributed by atoms with Crippen LogP contribution in [0, 0.1) is 0 Å². The highest BCUT2D eigenvalue weighted by Crippen LogP contribution is 2.40. The summed E-state index contributed by atoms with van der Waals surface area (Å²) in [6.07, 6.45) is 9.43. The lowest BCUT2D eigenvalue weighted by molar-refractivity contribution is 0.00578. The Morgan fingerprint density at radius 2 is 1.62 bits per heavy atom. The Labute approximate surface area is 133 Å². The number of hydrogen-bond acceptors (Lipinski definition) is 2. The van der Waals surface area contributed by atoms with E-state index in [9.17, 15) is 0 Å². The highest BCUT2D eigenvalue weighted by atomic mass is 28.3. The van der Waals surface area contributed by atoms with E-state index < -0.39 is 7.94 Å². The first-order chi connectivity index (χ1) is 9.54. The molecule has 0 atom stereocenters. The Kier molecular flexibility index (Phi) is 6.10. The minimum absolute atomic E-state index is 0.115. The third-order valence-electron chi connectivity index (χ3n) is 4.96. The van der Waals surface area contributed by atoms with Gasteiger partial charge in [-0.2, -0.15) is 0 Å². The van der Waals surface area contributed by atoms with Crippen molar-refractivity contribution in [1.29, 1.82) is 0 Å². The molecule has 4 heteroatoms. The van der Waals surface area contributed by atoms with Gasteiger partial charge in [-0.15, -0.1) is 6.58 Å². The average molecular weight is 308 g/mol. The van der Waals surface area contributed by atoms with Gasteiger partial charge >= 0.3 is 6.71 Å². The maximum Gasteiger partial charge on any atom is 0.438 e. The molecule has 0 aromatic heterocycles. The third-order valence-corrected chi connectivity index (χ3v) is 8.20. The quantitative estimate of drug-likeness (QED) is 0.370. The van der Waals surface area contributed by atoms with Crippen LogP contribution < -0.4 is 0 Å². The van der Waals surface area contributed by atoms with Crippen molar-refractivity contribution in [2.45, 2.75) is 84.6 Å². The third kappa shape index (κ3) is 4.33. The molecule has 1 aliphatic rings. The van der Waals surface area contributed by atoms with Gasteiger partial charge in [0.15, 0.2) is 0 Å². The SMILES string of the molecule is C=C(/C=C/CCCCC)[Si](C)(C)B1OC(C)(C)C(C)(C)O1. The molecule has 0 saturated carbocycles. The molecule has 21 heavy (non-hydrogen) atoms. The molecule has 0 aromatic rings. The minimum atomic E-state index is -1.85. The van der Waals surface area contributed by atoms with Gasteiger partial charge in [0.2, 0.25) is 0 Å². The van der Waals surface area contributed by atoms with Gasteiger partial charge in [-0.25, -0.2) is 0 Å². The van der Waals surface area contributed by atoms with Crippen molar-refractivity contribution >= 4 is 14.7 Å². The summed E-state index contributed by atoms with van der Waals surface area (Å²) in [5.74, 6) is 0. The Morgan fingerprint density at radius 3 is 2.10 bits per heavy atom. The average Bonchev–Trinajstić information content (AvgIpc) is 2.58. The monoisotopic (exact) mass is 308 g/mol. The van der Waals surface area contributed by atoms with E-state index in [1.54, 1.807) is 0 Å². The highest BCUT2D eigenvalue weighted by Gasteiger charge is 2.57. The van der Waals surface area contributed by atoms with Crippen LogP contribution in [0.25, 0.3) is 0 Å². The van der Waals surface area contributed by atoms with Crippen LogP contribution in [-0.4, -0.2) is 25.9 Å². The molecule has 0 spiro atoms. The van der Waals surface area contributed by atoms with Crippen molar-refractivity contribution < 1.29 is 9.31 Å². The lowest BCUT2D eigenvalue weighted by Crippen LogP contribution is -2.49. The van der Waals surface area contributed by atoms with E-state index in [0.29, 0.717) is 0 Å². The number of rotatable bonds is 7. The van der Waals surface area contributed by atoms with Crippen LogP contribution in [0.2, 0.25) is 13.1 Å². The van der Waals surface area contributed by atoms with Crippen LogP contribution in [0.5, 0.6) is 0 Å². The summed E-state index contributed by atoms with van der Waals surface area (Å²) < 4.78 is 12.5. The second-order valence-electron chi connectivity index (χ2n) is 7.73. The molecule has 2 nitrogen and oxygen atoms in total. The second-order valence-corrected chi connectivity index (χ2v) is 12.3. The van der Waals surface area contributed by atoms with E-state index in [-0.39, 0.29) is 17.9 Å². The van der Waals surface area contributed by atoms with E-state index in [4.69, 9.17) is 9.31 Å². The molecule has 0 aromatic carbocycles. The molecule has 1 fully saturated rings. The molecule has 0 N–H and O–H groups in total.